The third kappa shape index (κ3) is 3.19. The summed E-state index contributed by atoms with van der Waals surface area (Å²) in [6.07, 6.45) is 2.24. The summed E-state index contributed by atoms with van der Waals surface area (Å²) in [6, 6.07) is 0. The van der Waals surface area contributed by atoms with E-state index in [1.165, 1.54) is 12.3 Å². The van der Waals surface area contributed by atoms with Gasteiger partial charge in [-0.05, 0) is 0 Å². The molecular weight excluding hydrogens is 90.1 g/mol. The molecule has 0 saturated carbocycles. The van der Waals surface area contributed by atoms with Crippen LogP contribution >= 0.6 is 0 Å². The molecule has 1 N–H and O–H groups in total. The second-order valence-corrected chi connectivity index (χ2v) is 1.13. The van der Waals surface area contributed by atoms with Gasteiger partial charge in [-0.25, -0.2) is 0 Å². The van der Waals surface area contributed by atoms with Crippen molar-refractivity contribution in [1.29, 1.82) is 0 Å². The number of hydrogen-bond donors (Lipinski definition) is 1. The Labute approximate surface area is 43.2 Å². The summed E-state index contributed by atoms with van der Waals surface area (Å²) in [4.78, 5) is 3.56. The van der Waals surface area contributed by atoms with Crippen LogP contribution in [0, 0.1) is 0 Å². The van der Waals surface area contributed by atoms with E-state index in [-0.39, 0.29) is 0 Å². The van der Waals surface area contributed by atoms with E-state index >= 15 is 0 Å². The molecule has 0 aromatic rings. The number of aliphatic imine (C=N–C) groups is 1. The van der Waals surface area contributed by atoms with Crippen molar-refractivity contribution in [3.8, 4) is 0 Å². The smallest absolute Gasteiger partial charge is 0.107 e. The molecule has 0 radical (unpaired) electrons. The summed E-state index contributed by atoms with van der Waals surface area (Å²) in [5.74, 6) is 0. The number of rotatable bonds is 2. The molecule has 7 heavy (non-hydrogen) atoms. The summed E-state index contributed by atoms with van der Waals surface area (Å²) in [7, 11) is 1.60. The van der Waals surface area contributed by atoms with Crippen LogP contribution in [0.3, 0.4) is 0 Å². The predicted molar refractivity (Wildman–Crippen MR) is 30.6 cm³/mol. The van der Waals surface area contributed by atoms with Crippen LogP contribution in [0.2, 0.25) is 0 Å². The van der Waals surface area contributed by atoms with Crippen LogP contribution in [0.15, 0.2) is 17.6 Å². The summed E-state index contributed by atoms with van der Waals surface area (Å²) < 4.78 is 0. The number of hydrogen-bond acceptors (Lipinski definition) is 2. The van der Waals surface area contributed by atoms with Crippen molar-refractivity contribution in [2.24, 2.45) is 4.99 Å². The van der Waals surface area contributed by atoms with Crippen LogP contribution in [0.1, 0.15) is 0 Å². The first kappa shape index (κ1) is 6.37. The Hall–Kier alpha value is -0.630. The summed E-state index contributed by atoms with van der Waals surface area (Å²) in [6.45, 7) is 3.34. The summed E-state index contributed by atoms with van der Waals surface area (Å²) in [5.41, 5.74) is 0. The molecule has 0 aromatic carbocycles. The fraction of sp³-hybridized carbons (Fsp3) is 0.400. The van der Waals surface area contributed by atoms with Crippen molar-refractivity contribution in [1.82, 2.24) is 0 Å². The van der Waals surface area contributed by atoms with Crippen molar-refractivity contribution in [3.63, 3.8) is 0 Å². The molecule has 0 rings (SSSR count). The van der Waals surface area contributed by atoms with Gasteiger partial charge >= 0.3 is 0 Å². The average Bonchev–Trinajstić information content (AvgIpc) is 1.68. The van der Waals surface area contributed by atoms with Crippen molar-refractivity contribution in [2.75, 3.05) is 7.05 Å². The van der Waals surface area contributed by atoms with Gasteiger partial charge in [-0.3, -0.25) is 4.99 Å². The Balaban J connectivity index is 3.35. The Morgan fingerprint density at radius 1 is 1.86 bits per heavy atom. The number of nitrogens with zero attached hydrogens (tertiary/aromatic N) is 1. The Morgan fingerprint density at radius 3 is 2.57 bits per heavy atom. The lowest BCUT2D eigenvalue weighted by molar-refractivity contribution is 0.294. The molecule has 1 atom stereocenters. The molecule has 2 nitrogen and oxygen atoms in total. The highest BCUT2D eigenvalue weighted by Gasteiger charge is 1.84. The van der Waals surface area contributed by atoms with Crippen LogP contribution < -0.4 is 0 Å². The molecule has 0 bridgehead atoms. The maximum Gasteiger partial charge on any atom is 0.107 e. The second kappa shape index (κ2) is 3.56. The zero-order chi connectivity index (χ0) is 5.70. The lowest BCUT2D eigenvalue weighted by atomic mass is 10.4. The largest absolute Gasteiger partial charge is 0.383 e. The molecule has 0 fully saturated rings. The molecule has 2 heteroatoms. The average molecular weight is 99.1 g/mol. The molecule has 0 spiro atoms. The monoisotopic (exact) mass is 99.1 g/mol. The van der Waals surface area contributed by atoms with Crippen molar-refractivity contribution in [3.05, 3.63) is 12.7 Å². The minimum Gasteiger partial charge on any atom is -0.383 e. The van der Waals surface area contributed by atoms with Gasteiger partial charge in [-0.2, -0.15) is 0 Å². The first-order valence-corrected chi connectivity index (χ1v) is 2.04. The van der Waals surface area contributed by atoms with E-state index in [1.54, 1.807) is 7.05 Å². The predicted octanol–water partition coefficient (Wildman–Crippen LogP) is 0.234. The lowest BCUT2D eigenvalue weighted by Gasteiger charge is -1.89. The van der Waals surface area contributed by atoms with Crippen molar-refractivity contribution < 1.29 is 5.11 Å². The fourth-order valence-electron chi connectivity index (χ4n) is 0.214. The lowest BCUT2D eigenvalue weighted by Crippen LogP contribution is -2.01. The molecular formula is C5H9NO. The normalized spacial score (nSPS) is 14.6. The molecule has 1 unspecified atom stereocenters. The van der Waals surface area contributed by atoms with E-state index in [1.807, 2.05) is 0 Å². The minimum absolute atomic E-state index is 0.579. The van der Waals surface area contributed by atoms with E-state index in [2.05, 4.69) is 11.6 Å². The van der Waals surface area contributed by atoms with Gasteiger partial charge in [-0.1, -0.05) is 6.08 Å². The zero-order valence-electron chi connectivity index (χ0n) is 4.33. The first-order valence-electron chi connectivity index (χ1n) is 2.04. The Morgan fingerprint density at radius 2 is 2.43 bits per heavy atom. The van der Waals surface area contributed by atoms with Gasteiger partial charge in [0, 0.05) is 13.3 Å². The van der Waals surface area contributed by atoms with Gasteiger partial charge < -0.3 is 5.11 Å². The zero-order valence-corrected chi connectivity index (χ0v) is 4.33. The number of aliphatic hydroxyl groups excluding tert-OH is 1. The van der Waals surface area contributed by atoms with E-state index in [9.17, 15) is 0 Å². The van der Waals surface area contributed by atoms with E-state index < -0.39 is 6.10 Å². The molecule has 0 saturated heterocycles. The SMILES string of the molecule is C=CC(O)C=NC. The van der Waals surface area contributed by atoms with Crippen molar-refractivity contribution >= 4 is 6.21 Å². The molecule has 0 aromatic heterocycles. The van der Waals surface area contributed by atoms with Crippen LogP contribution in [0.5, 0.6) is 0 Å². The van der Waals surface area contributed by atoms with Gasteiger partial charge in [0.2, 0.25) is 0 Å². The van der Waals surface area contributed by atoms with Gasteiger partial charge in [-0.15, -0.1) is 6.58 Å². The summed E-state index contributed by atoms with van der Waals surface area (Å²) >= 11 is 0. The maximum atomic E-state index is 8.59. The van der Waals surface area contributed by atoms with E-state index in [4.69, 9.17) is 5.11 Å². The molecule has 0 aliphatic rings. The first-order chi connectivity index (χ1) is 3.31. The highest BCUT2D eigenvalue weighted by Crippen LogP contribution is 1.74. The maximum absolute atomic E-state index is 8.59. The fourth-order valence-corrected chi connectivity index (χ4v) is 0.214. The van der Waals surface area contributed by atoms with Gasteiger partial charge in [0.05, 0.1) is 0 Å². The number of aliphatic hydroxyl groups is 1. The minimum atomic E-state index is -0.579. The van der Waals surface area contributed by atoms with E-state index in [0.29, 0.717) is 0 Å². The Kier molecular flexibility index (Phi) is 3.24. The van der Waals surface area contributed by atoms with Gasteiger partial charge in [0.15, 0.2) is 0 Å². The molecule has 40 valence electrons. The van der Waals surface area contributed by atoms with Crippen LogP contribution in [0.4, 0.5) is 0 Å². The van der Waals surface area contributed by atoms with Crippen LogP contribution in [-0.2, 0) is 0 Å². The third-order valence-corrected chi connectivity index (χ3v) is 0.543. The molecule has 0 aliphatic heterocycles. The highest BCUT2D eigenvalue weighted by molar-refractivity contribution is 5.64. The van der Waals surface area contributed by atoms with Crippen LogP contribution in [-0.4, -0.2) is 24.5 Å². The quantitative estimate of drug-likeness (QED) is 0.390. The topological polar surface area (TPSA) is 32.6 Å². The molecule has 0 amide bonds. The van der Waals surface area contributed by atoms with E-state index in [0.717, 1.165) is 0 Å². The Bertz CT molecular complexity index is 78.1. The van der Waals surface area contributed by atoms with Crippen LogP contribution in [0.25, 0.3) is 0 Å². The third-order valence-electron chi connectivity index (χ3n) is 0.543. The van der Waals surface area contributed by atoms with Gasteiger partial charge in [0.1, 0.15) is 6.10 Å². The second-order valence-electron chi connectivity index (χ2n) is 1.13. The molecule has 0 aliphatic carbocycles. The standard InChI is InChI=1S/C5H9NO/c1-3-5(7)4-6-2/h3-5,7H,1H2,2H3. The highest BCUT2D eigenvalue weighted by atomic mass is 16.3. The van der Waals surface area contributed by atoms with Gasteiger partial charge in [0.25, 0.3) is 0 Å². The molecule has 0 heterocycles. The summed E-state index contributed by atoms with van der Waals surface area (Å²) in [5, 5.41) is 8.59. The van der Waals surface area contributed by atoms with Crippen molar-refractivity contribution in [2.45, 2.75) is 6.10 Å².